The lowest BCUT2D eigenvalue weighted by Gasteiger charge is -2.08. The van der Waals surface area contributed by atoms with E-state index in [1.807, 2.05) is 6.92 Å². The fourth-order valence-electron chi connectivity index (χ4n) is 1.72. The molecule has 0 aliphatic heterocycles. The van der Waals surface area contributed by atoms with E-state index in [1.165, 1.54) is 29.2 Å². The van der Waals surface area contributed by atoms with Gasteiger partial charge in [0, 0.05) is 12.2 Å². The van der Waals surface area contributed by atoms with E-state index < -0.39 is 17.6 Å². The van der Waals surface area contributed by atoms with Crippen LogP contribution in [0.15, 0.2) is 36.7 Å². The molecule has 1 heterocycles. The van der Waals surface area contributed by atoms with Gasteiger partial charge in [-0.2, -0.15) is 18.3 Å². The molecule has 0 aliphatic rings. The first-order valence-corrected chi connectivity index (χ1v) is 6.49. The SMILES string of the molecule is CCOCn1cc(NC(=O)c2cccc(C(F)(F)F)c2)cn1. The van der Waals surface area contributed by atoms with Crippen LogP contribution >= 0.6 is 0 Å². The van der Waals surface area contributed by atoms with Gasteiger partial charge in [-0.25, -0.2) is 4.68 Å². The van der Waals surface area contributed by atoms with Gasteiger partial charge in [0.1, 0.15) is 6.73 Å². The minimum atomic E-state index is -4.49. The standard InChI is InChI=1S/C14H14F3N3O2/c1-2-22-9-20-8-12(7-18-20)19-13(21)10-4-3-5-11(6-10)14(15,16)17/h3-8H,2,9H2,1H3,(H,19,21). The van der Waals surface area contributed by atoms with E-state index in [0.717, 1.165) is 12.1 Å². The van der Waals surface area contributed by atoms with E-state index >= 15 is 0 Å². The Balaban J connectivity index is 2.07. The molecule has 0 bridgehead atoms. The van der Waals surface area contributed by atoms with Crippen LogP contribution in [0.4, 0.5) is 18.9 Å². The van der Waals surface area contributed by atoms with Crippen LogP contribution in [0, 0.1) is 0 Å². The maximum atomic E-state index is 12.6. The van der Waals surface area contributed by atoms with Gasteiger partial charge in [0.15, 0.2) is 0 Å². The van der Waals surface area contributed by atoms with Crippen molar-refractivity contribution in [3.63, 3.8) is 0 Å². The molecule has 1 aromatic carbocycles. The number of halogens is 3. The second-order valence-electron chi connectivity index (χ2n) is 4.42. The summed E-state index contributed by atoms with van der Waals surface area (Å²) in [4.78, 5) is 12.0. The van der Waals surface area contributed by atoms with Crippen LogP contribution in [-0.4, -0.2) is 22.3 Å². The molecule has 0 saturated heterocycles. The Morgan fingerprint density at radius 1 is 1.41 bits per heavy atom. The van der Waals surface area contributed by atoms with Crippen molar-refractivity contribution < 1.29 is 22.7 Å². The average Bonchev–Trinajstić information content (AvgIpc) is 2.92. The van der Waals surface area contributed by atoms with Gasteiger partial charge in [-0.3, -0.25) is 4.79 Å². The monoisotopic (exact) mass is 313 g/mol. The lowest BCUT2D eigenvalue weighted by Crippen LogP contribution is -2.13. The molecule has 0 saturated carbocycles. The minimum Gasteiger partial charge on any atom is -0.360 e. The number of amides is 1. The van der Waals surface area contributed by atoms with Gasteiger partial charge < -0.3 is 10.1 Å². The number of benzene rings is 1. The van der Waals surface area contributed by atoms with Crippen LogP contribution in [0.1, 0.15) is 22.8 Å². The number of carbonyl (C=O) groups is 1. The van der Waals surface area contributed by atoms with Crippen LogP contribution in [0.25, 0.3) is 0 Å². The minimum absolute atomic E-state index is 0.0765. The highest BCUT2D eigenvalue weighted by atomic mass is 19.4. The highest BCUT2D eigenvalue weighted by Gasteiger charge is 2.30. The number of alkyl halides is 3. The van der Waals surface area contributed by atoms with Crippen LogP contribution in [0.3, 0.4) is 0 Å². The molecule has 1 amide bonds. The molecule has 1 aromatic heterocycles. The Morgan fingerprint density at radius 3 is 2.86 bits per heavy atom. The number of hydrogen-bond acceptors (Lipinski definition) is 3. The van der Waals surface area contributed by atoms with Crippen molar-refractivity contribution in [3.05, 3.63) is 47.8 Å². The molecular weight excluding hydrogens is 299 g/mol. The van der Waals surface area contributed by atoms with E-state index in [4.69, 9.17) is 4.74 Å². The fourth-order valence-corrected chi connectivity index (χ4v) is 1.72. The molecule has 0 radical (unpaired) electrons. The van der Waals surface area contributed by atoms with Gasteiger partial charge in [-0.1, -0.05) is 6.07 Å². The summed E-state index contributed by atoms with van der Waals surface area (Å²) < 4.78 is 44.5. The van der Waals surface area contributed by atoms with Crippen molar-refractivity contribution in [2.75, 3.05) is 11.9 Å². The number of carbonyl (C=O) groups excluding carboxylic acids is 1. The van der Waals surface area contributed by atoms with Crippen molar-refractivity contribution in [1.82, 2.24) is 9.78 Å². The van der Waals surface area contributed by atoms with E-state index in [0.29, 0.717) is 12.3 Å². The summed E-state index contributed by atoms with van der Waals surface area (Å²) in [7, 11) is 0. The average molecular weight is 313 g/mol. The van der Waals surface area contributed by atoms with Gasteiger partial charge in [-0.05, 0) is 25.1 Å². The number of rotatable bonds is 5. The van der Waals surface area contributed by atoms with Crippen molar-refractivity contribution in [2.45, 2.75) is 19.8 Å². The molecule has 0 spiro atoms. The third-order valence-electron chi connectivity index (χ3n) is 2.77. The predicted octanol–water partition coefficient (Wildman–Crippen LogP) is 3.15. The Hall–Kier alpha value is -2.35. The summed E-state index contributed by atoms with van der Waals surface area (Å²) >= 11 is 0. The predicted molar refractivity (Wildman–Crippen MR) is 73.3 cm³/mol. The van der Waals surface area contributed by atoms with Crippen LogP contribution in [0.2, 0.25) is 0 Å². The molecule has 5 nitrogen and oxygen atoms in total. The zero-order valence-corrected chi connectivity index (χ0v) is 11.7. The molecule has 0 fully saturated rings. The molecular formula is C14H14F3N3O2. The van der Waals surface area contributed by atoms with Crippen molar-refractivity contribution >= 4 is 11.6 Å². The highest BCUT2D eigenvalue weighted by Crippen LogP contribution is 2.29. The number of nitrogens with zero attached hydrogens (tertiary/aromatic N) is 2. The van der Waals surface area contributed by atoms with Crippen molar-refractivity contribution in [1.29, 1.82) is 0 Å². The van der Waals surface area contributed by atoms with E-state index in [1.54, 1.807) is 0 Å². The number of nitrogens with one attached hydrogen (secondary N) is 1. The van der Waals surface area contributed by atoms with Crippen molar-refractivity contribution in [3.8, 4) is 0 Å². The number of ether oxygens (including phenoxy) is 1. The first-order chi connectivity index (χ1) is 10.4. The summed E-state index contributed by atoms with van der Waals surface area (Å²) in [5.41, 5.74) is -0.568. The maximum absolute atomic E-state index is 12.6. The summed E-state index contributed by atoms with van der Waals surface area (Å²) in [5, 5.41) is 6.44. The van der Waals surface area contributed by atoms with Crippen LogP contribution in [-0.2, 0) is 17.6 Å². The van der Waals surface area contributed by atoms with Gasteiger partial charge in [-0.15, -0.1) is 0 Å². The highest BCUT2D eigenvalue weighted by molar-refractivity contribution is 6.04. The van der Waals surface area contributed by atoms with Crippen LogP contribution in [0.5, 0.6) is 0 Å². The van der Waals surface area contributed by atoms with Crippen LogP contribution < -0.4 is 5.32 Å². The largest absolute Gasteiger partial charge is 0.416 e. The van der Waals surface area contributed by atoms with Gasteiger partial charge in [0.05, 0.1) is 23.6 Å². The molecule has 8 heteroatoms. The zero-order chi connectivity index (χ0) is 16.2. The first-order valence-electron chi connectivity index (χ1n) is 6.49. The topological polar surface area (TPSA) is 56.1 Å². The zero-order valence-electron chi connectivity index (χ0n) is 11.7. The Bertz CT molecular complexity index is 653. The summed E-state index contributed by atoms with van der Waals surface area (Å²) in [6.45, 7) is 2.58. The molecule has 2 rings (SSSR count). The Morgan fingerprint density at radius 2 is 2.18 bits per heavy atom. The van der Waals surface area contributed by atoms with Gasteiger partial charge >= 0.3 is 6.18 Å². The normalized spacial score (nSPS) is 11.5. The fraction of sp³-hybridized carbons (Fsp3) is 0.286. The Kier molecular flexibility index (Phi) is 4.81. The number of anilines is 1. The summed E-state index contributed by atoms with van der Waals surface area (Å²) in [5.74, 6) is -0.637. The summed E-state index contributed by atoms with van der Waals surface area (Å²) in [6.07, 6.45) is -1.57. The molecule has 22 heavy (non-hydrogen) atoms. The quantitative estimate of drug-likeness (QED) is 0.922. The van der Waals surface area contributed by atoms with Crippen molar-refractivity contribution in [2.24, 2.45) is 0 Å². The Labute approximate surface area is 124 Å². The van der Waals surface area contributed by atoms with Gasteiger partial charge in [0.2, 0.25) is 0 Å². The lowest BCUT2D eigenvalue weighted by atomic mass is 10.1. The van der Waals surface area contributed by atoms with Gasteiger partial charge in [0.25, 0.3) is 5.91 Å². The second-order valence-corrected chi connectivity index (χ2v) is 4.42. The summed E-state index contributed by atoms with van der Waals surface area (Å²) in [6, 6.07) is 4.22. The first kappa shape index (κ1) is 16.0. The molecule has 1 N–H and O–H groups in total. The number of aromatic nitrogens is 2. The van der Waals surface area contributed by atoms with E-state index in [-0.39, 0.29) is 12.3 Å². The molecule has 2 aromatic rings. The molecule has 118 valence electrons. The molecule has 0 aliphatic carbocycles. The van der Waals surface area contributed by atoms with E-state index in [2.05, 4.69) is 10.4 Å². The van der Waals surface area contributed by atoms with E-state index in [9.17, 15) is 18.0 Å². The lowest BCUT2D eigenvalue weighted by molar-refractivity contribution is -0.137. The second kappa shape index (κ2) is 6.61. The maximum Gasteiger partial charge on any atom is 0.416 e. The smallest absolute Gasteiger partial charge is 0.360 e. The third kappa shape index (κ3) is 4.08. The molecule has 0 unspecified atom stereocenters. The molecule has 0 atom stereocenters. The number of hydrogen-bond donors (Lipinski definition) is 1. The third-order valence-corrected chi connectivity index (χ3v) is 2.77.